The Balaban J connectivity index is 1.30. The van der Waals surface area contributed by atoms with Crippen LogP contribution in [0.3, 0.4) is 0 Å². The van der Waals surface area contributed by atoms with Crippen LogP contribution in [0.1, 0.15) is 39.0 Å². The largest absolute Gasteiger partial charge is 0.409 e. The summed E-state index contributed by atoms with van der Waals surface area (Å²) >= 11 is 1.60. The first-order chi connectivity index (χ1) is 18.4. The van der Waals surface area contributed by atoms with Crippen molar-refractivity contribution in [1.82, 2.24) is 19.6 Å². The molecule has 0 aromatic heterocycles. The van der Waals surface area contributed by atoms with Gasteiger partial charge in [-0.1, -0.05) is 43.0 Å². The first-order valence-corrected chi connectivity index (χ1v) is 15.0. The van der Waals surface area contributed by atoms with E-state index >= 15 is 0 Å². The Morgan fingerprint density at radius 1 is 0.842 bits per heavy atom. The van der Waals surface area contributed by atoms with Crippen molar-refractivity contribution in [2.75, 3.05) is 78.7 Å². The van der Waals surface area contributed by atoms with Gasteiger partial charge in [0.1, 0.15) is 0 Å². The van der Waals surface area contributed by atoms with Gasteiger partial charge in [-0.25, -0.2) is 0 Å². The molecule has 0 N–H and O–H groups in total. The van der Waals surface area contributed by atoms with Gasteiger partial charge in [-0.3, -0.25) is 4.90 Å². The van der Waals surface area contributed by atoms with E-state index in [1.165, 1.54) is 17.4 Å². The van der Waals surface area contributed by atoms with Crippen molar-refractivity contribution in [2.45, 2.75) is 45.2 Å². The lowest BCUT2D eigenvalue weighted by Crippen LogP contribution is -2.47. The summed E-state index contributed by atoms with van der Waals surface area (Å²) < 4.78 is 44.9. The minimum atomic E-state index is -4.33. The number of thioether (sulfide) groups is 1. The van der Waals surface area contributed by atoms with E-state index in [2.05, 4.69) is 31.8 Å². The third-order valence-corrected chi connectivity index (χ3v) is 8.61. The molecule has 0 atom stereocenters. The van der Waals surface area contributed by atoms with Gasteiger partial charge in [0.05, 0.1) is 24.6 Å². The number of allylic oxidation sites excluding steroid dienone is 6. The molecule has 0 bridgehead atoms. The second kappa shape index (κ2) is 14.7. The summed E-state index contributed by atoms with van der Waals surface area (Å²) in [6.07, 6.45) is 10.6. The summed E-state index contributed by atoms with van der Waals surface area (Å²) in [6, 6.07) is 0. The van der Waals surface area contributed by atoms with Crippen LogP contribution in [0.2, 0.25) is 0 Å². The fourth-order valence-corrected chi connectivity index (χ4v) is 6.56. The Kier molecular flexibility index (Phi) is 11.4. The van der Waals surface area contributed by atoms with E-state index in [4.69, 9.17) is 4.74 Å². The SMILES string of the molecule is CC/C=C\C1=C(/C=C/C(F)(F)F)N(CCCN2CCN(CCCN3CCOCC3)CC2)C2=CCCC=C2S1. The number of hydrogen-bond donors (Lipinski definition) is 0. The normalized spacial score (nSPS) is 22.9. The van der Waals surface area contributed by atoms with Crippen molar-refractivity contribution in [3.8, 4) is 0 Å². The highest BCUT2D eigenvalue weighted by atomic mass is 32.2. The molecule has 0 saturated carbocycles. The van der Waals surface area contributed by atoms with Crippen molar-refractivity contribution >= 4 is 11.8 Å². The van der Waals surface area contributed by atoms with Gasteiger partial charge in [0.25, 0.3) is 0 Å². The van der Waals surface area contributed by atoms with Crippen LogP contribution < -0.4 is 0 Å². The molecular weight excluding hydrogens is 509 g/mol. The van der Waals surface area contributed by atoms with E-state index in [0.29, 0.717) is 18.3 Å². The lowest BCUT2D eigenvalue weighted by molar-refractivity contribution is -0.0799. The number of piperazine rings is 1. The van der Waals surface area contributed by atoms with E-state index in [1.807, 2.05) is 19.1 Å². The molecule has 0 spiro atoms. The molecule has 2 saturated heterocycles. The van der Waals surface area contributed by atoms with E-state index in [-0.39, 0.29) is 0 Å². The van der Waals surface area contributed by atoms with Gasteiger partial charge < -0.3 is 19.4 Å². The highest BCUT2D eigenvalue weighted by Gasteiger charge is 2.29. The molecule has 4 aliphatic rings. The maximum Gasteiger partial charge on any atom is 0.409 e. The fourth-order valence-electron chi connectivity index (χ4n) is 5.37. The highest BCUT2D eigenvalue weighted by molar-refractivity contribution is 8.07. The van der Waals surface area contributed by atoms with Crippen molar-refractivity contribution in [3.05, 3.63) is 57.7 Å². The predicted octanol–water partition coefficient (Wildman–Crippen LogP) is 5.62. The summed E-state index contributed by atoms with van der Waals surface area (Å²) in [6.45, 7) is 14.1. The lowest BCUT2D eigenvalue weighted by atomic mass is 10.1. The Labute approximate surface area is 230 Å². The summed E-state index contributed by atoms with van der Waals surface area (Å²) in [7, 11) is 0. The number of rotatable bonds is 11. The Morgan fingerprint density at radius 2 is 1.45 bits per heavy atom. The van der Waals surface area contributed by atoms with Crippen molar-refractivity contribution in [1.29, 1.82) is 0 Å². The third kappa shape index (κ3) is 9.01. The van der Waals surface area contributed by atoms with Gasteiger partial charge in [-0.2, -0.15) is 13.2 Å². The fraction of sp³-hybridized carbons (Fsp3) is 0.655. The molecule has 212 valence electrons. The zero-order valence-electron chi connectivity index (χ0n) is 22.7. The number of hydrogen-bond acceptors (Lipinski definition) is 6. The van der Waals surface area contributed by atoms with Gasteiger partial charge in [0.2, 0.25) is 0 Å². The molecule has 5 nitrogen and oxygen atoms in total. The predicted molar refractivity (Wildman–Crippen MR) is 151 cm³/mol. The average Bonchev–Trinajstić information content (AvgIpc) is 2.92. The summed E-state index contributed by atoms with van der Waals surface area (Å²) in [4.78, 5) is 11.8. The van der Waals surface area contributed by atoms with Crippen LogP contribution in [-0.4, -0.2) is 104 Å². The van der Waals surface area contributed by atoms with Crippen LogP contribution >= 0.6 is 11.8 Å². The first-order valence-electron chi connectivity index (χ1n) is 14.2. The molecule has 0 aromatic rings. The highest BCUT2D eigenvalue weighted by Crippen LogP contribution is 2.45. The summed E-state index contributed by atoms with van der Waals surface area (Å²) in [5.74, 6) is 0. The van der Waals surface area contributed by atoms with Gasteiger partial charge >= 0.3 is 6.18 Å². The smallest absolute Gasteiger partial charge is 0.379 e. The second-order valence-electron chi connectivity index (χ2n) is 10.3. The second-order valence-corrected chi connectivity index (χ2v) is 11.4. The molecular formula is C29H43F3N4OS. The average molecular weight is 553 g/mol. The molecule has 3 heterocycles. The topological polar surface area (TPSA) is 22.2 Å². The van der Waals surface area contributed by atoms with E-state index < -0.39 is 6.18 Å². The Bertz CT molecular complexity index is 913. The van der Waals surface area contributed by atoms with Crippen LogP contribution in [0.5, 0.6) is 0 Å². The van der Waals surface area contributed by atoms with Crippen LogP contribution in [0.25, 0.3) is 0 Å². The molecule has 38 heavy (non-hydrogen) atoms. The molecule has 0 amide bonds. The van der Waals surface area contributed by atoms with Gasteiger partial charge in [0.15, 0.2) is 0 Å². The van der Waals surface area contributed by atoms with E-state index in [0.717, 1.165) is 108 Å². The number of ether oxygens (including phenoxy) is 1. The lowest BCUT2D eigenvalue weighted by Gasteiger charge is -2.38. The van der Waals surface area contributed by atoms with Crippen molar-refractivity contribution in [2.24, 2.45) is 0 Å². The minimum Gasteiger partial charge on any atom is -0.379 e. The molecule has 2 fully saturated rings. The van der Waals surface area contributed by atoms with Crippen LogP contribution in [0.15, 0.2) is 57.7 Å². The third-order valence-electron chi connectivity index (χ3n) is 7.45. The first kappa shape index (κ1) is 29.5. The molecule has 4 rings (SSSR count). The number of halogens is 3. The molecule has 0 radical (unpaired) electrons. The number of nitrogens with zero attached hydrogens (tertiary/aromatic N) is 4. The number of alkyl halides is 3. The summed E-state index contributed by atoms with van der Waals surface area (Å²) in [5, 5.41) is 0. The van der Waals surface area contributed by atoms with E-state index in [1.54, 1.807) is 11.8 Å². The monoisotopic (exact) mass is 552 g/mol. The maximum atomic E-state index is 13.2. The molecule has 1 aliphatic carbocycles. The minimum absolute atomic E-state index is 0.381. The summed E-state index contributed by atoms with van der Waals surface area (Å²) in [5.41, 5.74) is 1.73. The Hall–Kier alpha value is -1.52. The quantitative estimate of drug-likeness (QED) is 0.330. The number of morpholine rings is 1. The van der Waals surface area contributed by atoms with Crippen LogP contribution in [0.4, 0.5) is 13.2 Å². The van der Waals surface area contributed by atoms with Crippen LogP contribution in [0, 0.1) is 0 Å². The number of fused-ring (bicyclic) bond motifs is 1. The zero-order valence-corrected chi connectivity index (χ0v) is 23.5. The van der Waals surface area contributed by atoms with E-state index in [9.17, 15) is 13.2 Å². The molecule has 3 aliphatic heterocycles. The van der Waals surface area contributed by atoms with Crippen molar-refractivity contribution in [3.63, 3.8) is 0 Å². The maximum absolute atomic E-state index is 13.2. The van der Waals surface area contributed by atoms with Crippen molar-refractivity contribution < 1.29 is 17.9 Å². The zero-order chi connectivity index (χ0) is 26.8. The van der Waals surface area contributed by atoms with Gasteiger partial charge in [-0.15, -0.1) is 0 Å². The van der Waals surface area contributed by atoms with Gasteiger partial charge in [-0.05, 0) is 57.8 Å². The standard InChI is InChI=1S/C29H43F3N4OS/c1-2-3-9-27-26(11-12-29(30,31)32)36(25-8-4-5-10-28(25)38-27)16-7-15-34-19-17-33(18-20-34)13-6-14-35-21-23-37-24-22-35/h3,8-12H,2,4-7,13-24H2,1H3/b9-3-,12-11+. The van der Waals surface area contributed by atoms with Crippen LogP contribution in [-0.2, 0) is 4.74 Å². The van der Waals surface area contributed by atoms with Gasteiger partial charge in [0, 0.05) is 61.7 Å². The molecule has 0 aromatic carbocycles. The Morgan fingerprint density at radius 3 is 2.08 bits per heavy atom. The molecule has 9 heteroatoms. The molecule has 0 unspecified atom stereocenters.